The normalized spacial score (nSPS) is 35.4. The number of amides is 1. The highest BCUT2D eigenvalue weighted by Gasteiger charge is 2.43. The molecule has 1 N–H and O–H groups in total. The molecule has 1 amide bonds. The van der Waals surface area contributed by atoms with Gasteiger partial charge in [-0.3, -0.25) is 9.59 Å². The predicted molar refractivity (Wildman–Crippen MR) is 72.6 cm³/mol. The number of carboxylic acids is 1. The van der Waals surface area contributed by atoms with Crippen molar-refractivity contribution in [1.29, 1.82) is 0 Å². The number of rotatable bonds is 3. The molecule has 1 saturated heterocycles. The zero-order valence-electron chi connectivity index (χ0n) is 12.0. The fourth-order valence-electron chi connectivity index (χ4n) is 3.65. The summed E-state index contributed by atoms with van der Waals surface area (Å²) in [6.07, 6.45) is 4.63. The van der Waals surface area contributed by atoms with E-state index in [-0.39, 0.29) is 11.8 Å². The van der Waals surface area contributed by atoms with Crippen LogP contribution in [0.2, 0.25) is 0 Å². The lowest BCUT2D eigenvalue weighted by molar-refractivity contribution is -0.149. The largest absolute Gasteiger partial charge is 0.481 e. The minimum atomic E-state index is -0.792. The summed E-state index contributed by atoms with van der Waals surface area (Å²) in [5.74, 6) is -0.502. The molecule has 1 aliphatic heterocycles. The van der Waals surface area contributed by atoms with Gasteiger partial charge in [0, 0.05) is 13.1 Å². The van der Waals surface area contributed by atoms with Crippen molar-refractivity contribution < 1.29 is 14.7 Å². The van der Waals surface area contributed by atoms with E-state index < -0.39 is 11.9 Å². The first-order valence-electron chi connectivity index (χ1n) is 7.54. The number of piperidine rings is 1. The van der Waals surface area contributed by atoms with Crippen LogP contribution >= 0.6 is 0 Å². The highest BCUT2D eigenvalue weighted by atomic mass is 16.4. The first-order chi connectivity index (χ1) is 9.02. The molecule has 4 atom stereocenters. The van der Waals surface area contributed by atoms with Crippen LogP contribution in [0.5, 0.6) is 0 Å². The summed E-state index contributed by atoms with van der Waals surface area (Å²) in [7, 11) is 0. The smallest absolute Gasteiger partial charge is 0.307 e. The Morgan fingerprint density at radius 2 is 1.95 bits per heavy atom. The van der Waals surface area contributed by atoms with Crippen molar-refractivity contribution in [2.24, 2.45) is 23.7 Å². The lowest BCUT2D eigenvalue weighted by atomic mass is 9.92. The maximum absolute atomic E-state index is 12.6. The Kier molecular flexibility index (Phi) is 4.48. The summed E-state index contributed by atoms with van der Waals surface area (Å²) in [6.45, 7) is 5.86. The highest BCUT2D eigenvalue weighted by Crippen LogP contribution is 2.39. The molecule has 1 heterocycles. The maximum atomic E-state index is 12.6. The van der Waals surface area contributed by atoms with Gasteiger partial charge in [-0.2, -0.15) is 0 Å². The first-order valence-corrected chi connectivity index (χ1v) is 7.54. The topological polar surface area (TPSA) is 57.6 Å². The lowest BCUT2D eigenvalue weighted by Gasteiger charge is -2.33. The molecule has 4 heteroatoms. The highest BCUT2D eigenvalue weighted by molar-refractivity contribution is 5.85. The van der Waals surface area contributed by atoms with Crippen LogP contribution in [-0.4, -0.2) is 35.0 Å². The fourth-order valence-corrected chi connectivity index (χ4v) is 3.65. The number of carbonyl (C=O) groups is 2. The van der Waals surface area contributed by atoms with Gasteiger partial charge in [-0.1, -0.05) is 20.3 Å². The Morgan fingerprint density at radius 1 is 1.26 bits per heavy atom. The molecule has 1 saturated carbocycles. The standard InChI is InChI=1S/C15H25NO3/c1-3-11-7-12(13(8-11)15(18)19)14(17)16-6-4-5-10(2)9-16/h10-13H,3-9H2,1-2H3,(H,18,19). The van der Waals surface area contributed by atoms with Gasteiger partial charge in [0.25, 0.3) is 0 Å². The minimum absolute atomic E-state index is 0.0925. The summed E-state index contributed by atoms with van der Waals surface area (Å²) in [4.78, 5) is 25.8. The summed E-state index contributed by atoms with van der Waals surface area (Å²) >= 11 is 0. The number of hydrogen-bond acceptors (Lipinski definition) is 2. The number of nitrogens with zero attached hydrogens (tertiary/aromatic N) is 1. The molecule has 0 bridgehead atoms. The van der Waals surface area contributed by atoms with E-state index in [1.807, 2.05) is 4.90 Å². The molecular formula is C15H25NO3. The Hall–Kier alpha value is -1.06. The van der Waals surface area contributed by atoms with Crippen LogP contribution in [0, 0.1) is 23.7 Å². The third-order valence-electron chi connectivity index (χ3n) is 4.84. The number of likely N-dealkylation sites (tertiary alicyclic amines) is 1. The van der Waals surface area contributed by atoms with Crippen LogP contribution in [0.25, 0.3) is 0 Å². The van der Waals surface area contributed by atoms with Gasteiger partial charge in [0.05, 0.1) is 11.8 Å². The van der Waals surface area contributed by atoms with Crippen LogP contribution in [0.3, 0.4) is 0 Å². The second kappa shape index (κ2) is 5.93. The quantitative estimate of drug-likeness (QED) is 0.854. The second-order valence-electron chi connectivity index (χ2n) is 6.33. The van der Waals surface area contributed by atoms with E-state index in [0.717, 1.165) is 32.4 Å². The number of aliphatic carboxylic acids is 1. The third-order valence-corrected chi connectivity index (χ3v) is 4.84. The summed E-state index contributed by atoms with van der Waals surface area (Å²) in [5.41, 5.74) is 0. The van der Waals surface area contributed by atoms with Crippen molar-refractivity contribution in [2.45, 2.75) is 46.0 Å². The Labute approximate surface area is 115 Å². The van der Waals surface area contributed by atoms with Gasteiger partial charge in [-0.25, -0.2) is 0 Å². The third kappa shape index (κ3) is 3.10. The Balaban J connectivity index is 2.05. The van der Waals surface area contributed by atoms with Crippen LogP contribution in [-0.2, 0) is 9.59 Å². The SMILES string of the molecule is CCC1CC(C(=O)O)C(C(=O)N2CCCC(C)C2)C1. The van der Waals surface area contributed by atoms with Gasteiger partial charge in [0.15, 0.2) is 0 Å². The van der Waals surface area contributed by atoms with Crippen LogP contribution in [0.15, 0.2) is 0 Å². The molecule has 2 rings (SSSR count). The molecule has 108 valence electrons. The average Bonchev–Trinajstić information content (AvgIpc) is 2.82. The van der Waals surface area contributed by atoms with Gasteiger partial charge < -0.3 is 10.0 Å². The van der Waals surface area contributed by atoms with Gasteiger partial charge in [0.2, 0.25) is 5.91 Å². The molecule has 2 aliphatic rings. The van der Waals surface area contributed by atoms with Crippen LogP contribution < -0.4 is 0 Å². The van der Waals surface area contributed by atoms with Gasteiger partial charge in [-0.05, 0) is 37.5 Å². The van der Waals surface area contributed by atoms with E-state index in [4.69, 9.17) is 0 Å². The molecule has 2 fully saturated rings. The number of carboxylic acid groups (broad SMARTS) is 1. The Morgan fingerprint density at radius 3 is 2.53 bits per heavy atom. The predicted octanol–water partition coefficient (Wildman–Crippen LogP) is 2.38. The summed E-state index contributed by atoms with van der Waals surface area (Å²) in [6, 6.07) is 0. The molecular weight excluding hydrogens is 242 g/mol. The lowest BCUT2D eigenvalue weighted by Crippen LogP contribution is -2.44. The van der Waals surface area contributed by atoms with Gasteiger partial charge >= 0.3 is 5.97 Å². The van der Waals surface area contributed by atoms with Crippen molar-refractivity contribution in [1.82, 2.24) is 4.90 Å². The molecule has 4 unspecified atom stereocenters. The van der Waals surface area contributed by atoms with Crippen LogP contribution in [0.1, 0.15) is 46.0 Å². The maximum Gasteiger partial charge on any atom is 0.307 e. The van der Waals surface area contributed by atoms with Crippen molar-refractivity contribution >= 4 is 11.9 Å². The number of carbonyl (C=O) groups excluding carboxylic acids is 1. The Bertz CT molecular complexity index is 355. The van der Waals surface area contributed by atoms with E-state index in [0.29, 0.717) is 18.3 Å². The monoisotopic (exact) mass is 267 g/mol. The summed E-state index contributed by atoms with van der Waals surface area (Å²) in [5, 5.41) is 9.33. The van der Waals surface area contributed by atoms with Crippen molar-refractivity contribution in [3.05, 3.63) is 0 Å². The van der Waals surface area contributed by atoms with Crippen molar-refractivity contribution in [3.8, 4) is 0 Å². The van der Waals surface area contributed by atoms with E-state index >= 15 is 0 Å². The summed E-state index contributed by atoms with van der Waals surface area (Å²) < 4.78 is 0. The molecule has 0 aromatic carbocycles. The van der Waals surface area contributed by atoms with Crippen LogP contribution in [0.4, 0.5) is 0 Å². The first kappa shape index (κ1) is 14.4. The molecule has 19 heavy (non-hydrogen) atoms. The molecule has 1 aliphatic carbocycles. The van der Waals surface area contributed by atoms with E-state index in [9.17, 15) is 14.7 Å². The zero-order chi connectivity index (χ0) is 14.0. The minimum Gasteiger partial charge on any atom is -0.481 e. The number of hydrogen-bond donors (Lipinski definition) is 1. The molecule has 0 aromatic rings. The van der Waals surface area contributed by atoms with E-state index in [1.165, 1.54) is 6.42 Å². The van der Waals surface area contributed by atoms with Crippen molar-refractivity contribution in [3.63, 3.8) is 0 Å². The molecule has 0 spiro atoms. The molecule has 0 radical (unpaired) electrons. The fraction of sp³-hybridized carbons (Fsp3) is 0.867. The average molecular weight is 267 g/mol. The van der Waals surface area contributed by atoms with Crippen molar-refractivity contribution in [2.75, 3.05) is 13.1 Å². The molecule has 0 aromatic heterocycles. The zero-order valence-corrected chi connectivity index (χ0v) is 12.0. The second-order valence-corrected chi connectivity index (χ2v) is 6.33. The van der Waals surface area contributed by atoms with E-state index in [2.05, 4.69) is 13.8 Å². The molecule has 4 nitrogen and oxygen atoms in total. The van der Waals surface area contributed by atoms with Gasteiger partial charge in [-0.15, -0.1) is 0 Å². The van der Waals surface area contributed by atoms with E-state index in [1.54, 1.807) is 0 Å². The van der Waals surface area contributed by atoms with Gasteiger partial charge in [0.1, 0.15) is 0 Å².